The molecule has 1 aromatic heterocycles. The van der Waals surface area contributed by atoms with Gasteiger partial charge in [0.2, 0.25) is 5.91 Å². The number of halogens is 1. The average Bonchev–Trinajstić information content (AvgIpc) is 3.25. The number of imide groups is 1. The summed E-state index contributed by atoms with van der Waals surface area (Å²) in [6, 6.07) is 10.0. The number of amides is 3. The highest BCUT2D eigenvalue weighted by molar-refractivity contribution is 9.10. The van der Waals surface area contributed by atoms with Crippen molar-refractivity contribution in [2.24, 2.45) is 0 Å². The highest BCUT2D eigenvalue weighted by Gasteiger charge is 2.46. The van der Waals surface area contributed by atoms with Crippen LogP contribution in [0.4, 0.5) is 5.69 Å². The predicted octanol–water partition coefficient (Wildman–Crippen LogP) is 5.01. The number of thiophene rings is 1. The van der Waals surface area contributed by atoms with Crippen molar-refractivity contribution in [2.75, 3.05) is 4.90 Å². The van der Waals surface area contributed by atoms with Gasteiger partial charge in [-0.05, 0) is 48.6 Å². The van der Waals surface area contributed by atoms with Crippen molar-refractivity contribution in [1.29, 1.82) is 0 Å². The standard InChI is InChI=1S/C22H23BrN2O3S/c23-15-9-11-17(12-10-15)25-20(26)14-18(21(25)27)24(16-6-3-1-2-4-7-16)22(28)19-8-5-13-29-19/h5,8-13,16,18H,1-4,6-7,14H2. The Morgan fingerprint density at radius 2 is 1.72 bits per heavy atom. The molecule has 2 aromatic rings. The molecule has 1 saturated heterocycles. The minimum Gasteiger partial charge on any atom is -0.322 e. The Hall–Kier alpha value is -1.99. The van der Waals surface area contributed by atoms with E-state index in [0.717, 1.165) is 43.0 Å². The van der Waals surface area contributed by atoms with E-state index >= 15 is 0 Å². The van der Waals surface area contributed by atoms with Gasteiger partial charge in [-0.3, -0.25) is 14.4 Å². The van der Waals surface area contributed by atoms with Crippen LogP contribution in [0.2, 0.25) is 0 Å². The van der Waals surface area contributed by atoms with Gasteiger partial charge >= 0.3 is 0 Å². The highest BCUT2D eigenvalue weighted by Crippen LogP contribution is 2.32. The molecular formula is C22H23BrN2O3S. The number of rotatable bonds is 4. The summed E-state index contributed by atoms with van der Waals surface area (Å²) in [5.41, 5.74) is 0.551. The zero-order valence-corrected chi connectivity index (χ0v) is 18.5. The number of hydrogen-bond acceptors (Lipinski definition) is 4. The molecule has 5 nitrogen and oxygen atoms in total. The summed E-state index contributed by atoms with van der Waals surface area (Å²) in [4.78, 5) is 43.1. The number of carbonyl (C=O) groups is 3. The quantitative estimate of drug-likeness (QED) is 0.462. The smallest absolute Gasteiger partial charge is 0.264 e. The summed E-state index contributed by atoms with van der Waals surface area (Å²) in [7, 11) is 0. The monoisotopic (exact) mass is 474 g/mol. The molecule has 1 unspecified atom stereocenters. The van der Waals surface area contributed by atoms with Crippen LogP contribution >= 0.6 is 27.3 Å². The number of benzene rings is 1. The Balaban J connectivity index is 1.66. The van der Waals surface area contributed by atoms with E-state index in [1.807, 2.05) is 23.6 Å². The van der Waals surface area contributed by atoms with Crippen LogP contribution in [0.25, 0.3) is 0 Å². The van der Waals surface area contributed by atoms with Gasteiger partial charge in [-0.25, -0.2) is 4.90 Å². The second kappa shape index (κ2) is 8.79. The molecule has 4 rings (SSSR count). The van der Waals surface area contributed by atoms with E-state index in [4.69, 9.17) is 0 Å². The lowest BCUT2D eigenvalue weighted by Gasteiger charge is -2.34. The third-order valence-electron chi connectivity index (χ3n) is 5.73. The molecule has 1 aliphatic heterocycles. The first-order valence-corrected chi connectivity index (χ1v) is 11.7. The van der Waals surface area contributed by atoms with Gasteiger partial charge < -0.3 is 4.90 Å². The van der Waals surface area contributed by atoms with Crippen molar-refractivity contribution < 1.29 is 14.4 Å². The van der Waals surface area contributed by atoms with Crippen molar-refractivity contribution in [2.45, 2.75) is 57.0 Å². The maximum absolute atomic E-state index is 13.4. The number of hydrogen-bond donors (Lipinski definition) is 0. The van der Waals surface area contributed by atoms with E-state index in [2.05, 4.69) is 15.9 Å². The van der Waals surface area contributed by atoms with Crippen LogP contribution < -0.4 is 4.90 Å². The number of carbonyl (C=O) groups excluding carboxylic acids is 3. The first-order chi connectivity index (χ1) is 14.1. The van der Waals surface area contributed by atoms with Gasteiger partial charge in [0.1, 0.15) is 6.04 Å². The topological polar surface area (TPSA) is 57.7 Å². The average molecular weight is 475 g/mol. The van der Waals surface area contributed by atoms with Crippen LogP contribution in [0.3, 0.4) is 0 Å². The molecule has 1 atom stereocenters. The molecule has 1 saturated carbocycles. The third kappa shape index (κ3) is 4.16. The predicted molar refractivity (Wildman–Crippen MR) is 117 cm³/mol. The Labute approximate surface area is 182 Å². The SMILES string of the molecule is O=C1CC(N(C(=O)c2cccs2)C2CCCCCC2)C(=O)N1c1ccc(Br)cc1. The molecular weight excluding hydrogens is 452 g/mol. The summed E-state index contributed by atoms with van der Waals surface area (Å²) < 4.78 is 0.879. The third-order valence-corrected chi connectivity index (χ3v) is 7.11. The Morgan fingerprint density at radius 3 is 2.34 bits per heavy atom. The summed E-state index contributed by atoms with van der Waals surface area (Å²) in [6.45, 7) is 0. The van der Waals surface area contributed by atoms with Gasteiger partial charge in [0, 0.05) is 10.5 Å². The van der Waals surface area contributed by atoms with E-state index in [0.29, 0.717) is 10.6 Å². The largest absolute Gasteiger partial charge is 0.322 e. The van der Waals surface area contributed by atoms with Gasteiger partial charge in [-0.15, -0.1) is 11.3 Å². The molecule has 2 aliphatic rings. The molecule has 1 aliphatic carbocycles. The zero-order valence-electron chi connectivity index (χ0n) is 16.1. The first kappa shape index (κ1) is 20.3. The molecule has 1 aromatic carbocycles. The lowest BCUT2D eigenvalue weighted by molar-refractivity contribution is -0.123. The summed E-state index contributed by atoms with van der Waals surface area (Å²) in [5.74, 6) is -0.679. The van der Waals surface area contributed by atoms with E-state index in [-0.39, 0.29) is 30.2 Å². The van der Waals surface area contributed by atoms with Crippen molar-refractivity contribution >= 4 is 50.7 Å². The Morgan fingerprint density at radius 1 is 1.03 bits per heavy atom. The zero-order chi connectivity index (χ0) is 20.4. The Kier molecular flexibility index (Phi) is 6.15. The minimum absolute atomic E-state index is 0.00119. The molecule has 0 N–H and O–H groups in total. The lowest BCUT2D eigenvalue weighted by atomic mass is 10.0. The maximum atomic E-state index is 13.4. The number of anilines is 1. The van der Waals surface area contributed by atoms with Crippen molar-refractivity contribution in [3.8, 4) is 0 Å². The van der Waals surface area contributed by atoms with E-state index < -0.39 is 6.04 Å². The lowest BCUT2D eigenvalue weighted by Crippen LogP contribution is -2.50. The van der Waals surface area contributed by atoms with E-state index in [1.165, 1.54) is 16.2 Å². The fourth-order valence-electron chi connectivity index (χ4n) is 4.32. The molecule has 0 spiro atoms. The minimum atomic E-state index is -0.733. The van der Waals surface area contributed by atoms with Crippen molar-refractivity contribution in [3.63, 3.8) is 0 Å². The second-order valence-corrected chi connectivity index (χ2v) is 9.46. The molecule has 0 bridgehead atoms. The summed E-state index contributed by atoms with van der Waals surface area (Å²) >= 11 is 4.76. The van der Waals surface area contributed by atoms with Gasteiger partial charge in [-0.2, -0.15) is 0 Å². The van der Waals surface area contributed by atoms with Gasteiger partial charge in [-0.1, -0.05) is 47.7 Å². The van der Waals surface area contributed by atoms with Crippen LogP contribution in [0.5, 0.6) is 0 Å². The second-order valence-electron chi connectivity index (χ2n) is 7.60. The fourth-order valence-corrected chi connectivity index (χ4v) is 5.25. The van der Waals surface area contributed by atoms with Crippen LogP contribution in [-0.4, -0.2) is 34.7 Å². The van der Waals surface area contributed by atoms with Crippen molar-refractivity contribution in [3.05, 3.63) is 51.1 Å². The fraction of sp³-hybridized carbons (Fsp3) is 0.409. The highest BCUT2D eigenvalue weighted by atomic mass is 79.9. The van der Waals surface area contributed by atoms with Gasteiger partial charge in [0.25, 0.3) is 11.8 Å². The maximum Gasteiger partial charge on any atom is 0.264 e. The molecule has 7 heteroatoms. The number of nitrogens with zero attached hydrogens (tertiary/aromatic N) is 2. The molecule has 29 heavy (non-hydrogen) atoms. The molecule has 152 valence electrons. The van der Waals surface area contributed by atoms with E-state index in [1.54, 1.807) is 23.1 Å². The molecule has 2 heterocycles. The van der Waals surface area contributed by atoms with Gasteiger partial charge in [0.05, 0.1) is 17.0 Å². The van der Waals surface area contributed by atoms with Crippen molar-refractivity contribution in [1.82, 2.24) is 4.90 Å². The van der Waals surface area contributed by atoms with Gasteiger partial charge in [0.15, 0.2) is 0 Å². The van der Waals surface area contributed by atoms with E-state index in [9.17, 15) is 14.4 Å². The van der Waals surface area contributed by atoms with Crippen LogP contribution in [0.15, 0.2) is 46.3 Å². The molecule has 0 radical (unpaired) electrons. The molecule has 3 amide bonds. The van der Waals surface area contributed by atoms with Crippen LogP contribution in [-0.2, 0) is 9.59 Å². The Bertz CT molecular complexity index is 889. The molecule has 2 fully saturated rings. The summed E-state index contributed by atoms with van der Waals surface area (Å²) in [6.07, 6.45) is 6.21. The van der Waals surface area contributed by atoms with Crippen LogP contribution in [0, 0.1) is 0 Å². The summed E-state index contributed by atoms with van der Waals surface area (Å²) in [5, 5.41) is 1.87. The normalized spacial score (nSPS) is 20.7. The van der Waals surface area contributed by atoms with Crippen LogP contribution in [0.1, 0.15) is 54.6 Å². The first-order valence-electron chi connectivity index (χ1n) is 10.0.